The maximum atomic E-state index is 13.3. The Morgan fingerprint density at radius 2 is 2.08 bits per heavy atom. The Labute approximate surface area is 80.7 Å². The summed E-state index contributed by atoms with van der Waals surface area (Å²) in [7, 11) is 0. The molecule has 0 bridgehead atoms. The lowest BCUT2D eigenvalue weighted by molar-refractivity contribution is 0.185. The fraction of sp³-hybridized carbons (Fsp3) is 0.636. The molecule has 3 atom stereocenters. The highest BCUT2D eigenvalue weighted by Crippen LogP contribution is 2.17. The molecule has 0 saturated heterocycles. The molecule has 0 aliphatic rings. The molecule has 0 radical (unpaired) electrons. The Kier molecular flexibility index (Phi) is 6.29. The number of alkyl halides is 1. The zero-order valence-electron chi connectivity index (χ0n) is 8.76. The minimum absolute atomic E-state index is 0.0270. The van der Waals surface area contributed by atoms with E-state index < -0.39 is 6.30 Å². The van der Waals surface area contributed by atoms with Crippen molar-refractivity contribution in [2.24, 2.45) is 11.8 Å². The van der Waals surface area contributed by atoms with Crippen LogP contribution in [0.1, 0.15) is 27.2 Å². The van der Waals surface area contributed by atoms with Gasteiger partial charge in [0.1, 0.15) is 0 Å². The van der Waals surface area contributed by atoms with Gasteiger partial charge in [-0.25, -0.2) is 4.39 Å². The standard InChI is InChI=1S/C11H20FN/c1-5-7-8-9(3)10(4)11(12)13-6-2/h6-11,13H,2,5H2,1,3-4H3/b8-7-/t9?,10-,11?/m1/s1. The van der Waals surface area contributed by atoms with Crippen LogP contribution in [0.25, 0.3) is 0 Å². The van der Waals surface area contributed by atoms with E-state index in [-0.39, 0.29) is 11.8 Å². The van der Waals surface area contributed by atoms with Crippen LogP contribution in [0.4, 0.5) is 4.39 Å². The topological polar surface area (TPSA) is 12.0 Å². The molecule has 2 unspecified atom stereocenters. The van der Waals surface area contributed by atoms with E-state index in [0.717, 1.165) is 6.42 Å². The lowest BCUT2D eigenvalue weighted by Gasteiger charge is -2.20. The molecule has 0 spiro atoms. The largest absolute Gasteiger partial charge is 0.362 e. The van der Waals surface area contributed by atoms with Gasteiger partial charge < -0.3 is 5.32 Å². The molecule has 76 valence electrons. The first-order valence-corrected chi connectivity index (χ1v) is 4.81. The van der Waals surface area contributed by atoms with Gasteiger partial charge in [0.05, 0.1) is 0 Å². The van der Waals surface area contributed by atoms with Crippen molar-refractivity contribution < 1.29 is 4.39 Å². The van der Waals surface area contributed by atoms with Gasteiger partial charge in [-0.1, -0.05) is 39.5 Å². The van der Waals surface area contributed by atoms with Gasteiger partial charge >= 0.3 is 0 Å². The number of allylic oxidation sites excluding steroid dienone is 2. The van der Waals surface area contributed by atoms with Gasteiger partial charge in [0, 0.05) is 5.92 Å². The van der Waals surface area contributed by atoms with Crippen LogP contribution in [-0.4, -0.2) is 6.30 Å². The van der Waals surface area contributed by atoms with Gasteiger partial charge in [-0.2, -0.15) is 0 Å². The molecule has 0 aromatic carbocycles. The molecule has 0 aliphatic heterocycles. The normalized spacial score (nSPS) is 18.2. The minimum Gasteiger partial charge on any atom is -0.362 e. The Balaban J connectivity index is 3.99. The minimum atomic E-state index is -1.01. The SMILES string of the molecule is C=CNC(F)[C@H](C)C(C)/C=C\CC. The van der Waals surface area contributed by atoms with Crippen molar-refractivity contribution >= 4 is 0 Å². The molecule has 13 heavy (non-hydrogen) atoms. The fourth-order valence-corrected chi connectivity index (χ4v) is 1.06. The van der Waals surface area contributed by atoms with E-state index >= 15 is 0 Å². The average Bonchev–Trinajstić information content (AvgIpc) is 2.13. The number of rotatable bonds is 6. The lowest BCUT2D eigenvalue weighted by atomic mass is 9.94. The van der Waals surface area contributed by atoms with Crippen LogP contribution < -0.4 is 5.32 Å². The zero-order valence-corrected chi connectivity index (χ0v) is 8.76. The molecule has 0 fully saturated rings. The maximum Gasteiger partial charge on any atom is 0.172 e. The number of nitrogens with one attached hydrogen (secondary N) is 1. The monoisotopic (exact) mass is 185 g/mol. The van der Waals surface area contributed by atoms with Crippen LogP contribution in [0.3, 0.4) is 0 Å². The van der Waals surface area contributed by atoms with E-state index in [9.17, 15) is 4.39 Å². The summed E-state index contributed by atoms with van der Waals surface area (Å²) in [6.45, 7) is 9.42. The third kappa shape index (κ3) is 4.71. The summed E-state index contributed by atoms with van der Waals surface area (Å²) >= 11 is 0. The highest BCUT2D eigenvalue weighted by Gasteiger charge is 2.18. The lowest BCUT2D eigenvalue weighted by Crippen LogP contribution is -2.29. The first kappa shape index (κ1) is 12.2. The average molecular weight is 185 g/mol. The summed E-state index contributed by atoms with van der Waals surface area (Å²) in [6.07, 6.45) is 5.53. The highest BCUT2D eigenvalue weighted by atomic mass is 19.1. The molecule has 0 heterocycles. The van der Waals surface area contributed by atoms with E-state index in [1.165, 1.54) is 6.20 Å². The molecular formula is C11H20FN. The van der Waals surface area contributed by atoms with Crippen LogP contribution in [0.2, 0.25) is 0 Å². The van der Waals surface area contributed by atoms with E-state index in [1.807, 2.05) is 13.8 Å². The third-order valence-corrected chi connectivity index (χ3v) is 2.24. The third-order valence-electron chi connectivity index (χ3n) is 2.24. The Morgan fingerprint density at radius 3 is 2.54 bits per heavy atom. The summed E-state index contributed by atoms with van der Waals surface area (Å²) in [6, 6.07) is 0. The maximum absolute atomic E-state index is 13.3. The molecule has 0 amide bonds. The van der Waals surface area contributed by atoms with Gasteiger partial charge in [0.2, 0.25) is 0 Å². The molecule has 0 saturated carbocycles. The van der Waals surface area contributed by atoms with Crippen LogP contribution in [0.15, 0.2) is 24.9 Å². The summed E-state index contributed by atoms with van der Waals surface area (Å²) in [5.74, 6) is 0.225. The van der Waals surface area contributed by atoms with Crippen LogP contribution >= 0.6 is 0 Å². The second-order valence-electron chi connectivity index (χ2n) is 3.33. The van der Waals surface area contributed by atoms with Crippen LogP contribution in [-0.2, 0) is 0 Å². The molecule has 2 heteroatoms. The predicted octanol–water partition coefficient (Wildman–Crippen LogP) is 3.25. The van der Waals surface area contributed by atoms with Crippen molar-refractivity contribution in [2.45, 2.75) is 33.5 Å². The number of hydrogen-bond donors (Lipinski definition) is 1. The van der Waals surface area contributed by atoms with Gasteiger partial charge in [-0.05, 0) is 18.5 Å². The van der Waals surface area contributed by atoms with Gasteiger partial charge in [0.15, 0.2) is 6.30 Å². The summed E-state index contributed by atoms with van der Waals surface area (Å²) in [4.78, 5) is 0. The number of hydrogen-bond acceptors (Lipinski definition) is 1. The molecule has 1 nitrogen and oxygen atoms in total. The quantitative estimate of drug-likeness (QED) is 0.495. The molecule has 0 aromatic heterocycles. The second kappa shape index (κ2) is 6.70. The predicted molar refractivity (Wildman–Crippen MR) is 56.0 cm³/mol. The van der Waals surface area contributed by atoms with Crippen molar-refractivity contribution in [1.29, 1.82) is 0 Å². The van der Waals surface area contributed by atoms with Gasteiger partial charge in [-0.15, -0.1) is 0 Å². The van der Waals surface area contributed by atoms with E-state index in [4.69, 9.17) is 0 Å². The Morgan fingerprint density at radius 1 is 1.46 bits per heavy atom. The highest BCUT2D eigenvalue weighted by molar-refractivity contribution is 4.89. The van der Waals surface area contributed by atoms with Crippen molar-refractivity contribution in [1.82, 2.24) is 5.32 Å². The Hall–Kier alpha value is -0.790. The molecule has 1 N–H and O–H groups in total. The second-order valence-corrected chi connectivity index (χ2v) is 3.33. The summed E-state index contributed by atoms with van der Waals surface area (Å²) in [5, 5.41) is 2.57. The fourth-order valence-electron chi connectivity index (χ4n) is 1.06. The van der Waals surface area contributed by atoms with Crippen LogP contribution in [0, 0.1) is 11.8 Å². The van der Waals surface area contributed by atoms with Crippen LogP contribution in [0.5, 0.6) is 0 Å². The van der Waals surface area contributed by atoms with E-state index in [0.29, 0.717) is 0 Å². The van der Waals surface area contributed by atoms with Crippen molar-refractivity contribution in [3.05, 3.63) is 24.9 Å². The smallest absolute Gasteiger partial charge is 0.172 e. The molecule has 0 aliphatic carbocycles. The zero-order chi connectivity index (χ0) is 10.3. The van der Waals surface area contributed by atoms with Gasteiger partial charge in [-0.3, -0.25) is 0 Å². The molecular weight excluding hydrogens is 165 g/mol. The number of halogens is 1. The van der Waals surface area contributed by atoms with Gasteiger partial charge in [0.25, 0.3) is 0 Å². The van der Waals surface area contributed by atoms with Crippen molar-refractivity contribution in [3.63, 3.8) is 0 Å². The summed E-state index contributed by atoms with van der Waals surface area (Å²) in [5.41, 5.74) is 0. The Bertz CT molecular complexity index is 165. The van der Waals surface area contributed by atoms with E-state index in [2.05, 4.69) is 31.0 Å². The van der Waals surface area contributed by atoms with E-state index in [1.54, 1.807) is 0 Å². The molecule has 0 aromatic rings. The van der Waals surface area contributed by atoms with Crippen molar-refractivity contribution in [2.75, 3.05) is 0 Å². The first-order valence-electron chi connectivity index (χ1n) is 4.81. The molecule has 0 rings (SSSR count). The summed E-state index contributed by atoms with van der Waals surface area (Å²) < 4.78 is 13.3. The van der Waals surface area contributed by atoms with Crippen molar-refractivity contribution in [3.8, 4) is 0 Å². The first-order chi connectivity index (χ1) is 6.13.